The summed E-state index contributed by atoms with van der Waals surface area (Å²) in [5.74, 6) is -0.822. The van der Waals surface area contributed by atoms with Crippen molar-refractivity contribution >= 4 is 5.97 Å². The fraction of sp³-hybridized carbons (Fsp3) is 0.700. The predicted molar refractivity (Wildman–Crippen MR) is 53.8 cm³/mol. The summed E-state index contributed by atoms with van der Waals surface area (Å²) in [6.07, 6.45) is 3.59. The Hall–Kier alpha value is -0.830. The lowest BCUT2D eigenvalue weighted by molar-refractivity contribution is -0.132. The highest BCUT2D eigenvalue weighted by Gasteiger charge is 1.97. The second-order valence-corrected chi connectivity index (χ2v) is 3.44. The minimum absolute atomic E-state index is 0.435. The van der Waals surface area contributed by atoms with Gasteiger partial charge in [0.15, 0.2) is 0 Å². The molecule has 0 heterocycles. The van der Waals surface area contributed by atoms with Gasteiger partial charge >= 0.3 is 5.97 Å². The third-order valence-electron chi connectivity index (χ3n) is 1.72. The fourth-order valence-corrected chi connectivity index (χ4v) is 0.899. The summed E-state index contributed by atoms with van der Waals surface area (Å²) in [6, 6.07) is 0.504. The number of allylic oxidation sites excluding steroid dienone is 1. The topological polar surface area (TPSA) is 49.3 Å². The van der Waals surface area contributed by atoms with E-state index in [0.717, 1.165) is 19.4 Å². The molecular formula is C10H19NO2. The van der Waals surface area contributed by atoms with E-state index < -0.39 is 5.97 Å². The molecule has 0 fully saturated rings. The number of rotatable bonds is 6. The van der Waals surface area contributed by atoms with E-state index in [1.54, 1.807) is 13.0 Å². The van der Waals surface area contributed by atoms with Crippen molar-refractivity contribution in [2.75, 3.05) is 6.54 Å². The van der Waals surface area contributed by atoms with Gasteiger partial charge in [0.05, 0.1) is 0 Å². The molecule has 0 aliphatic rings. The first-order valence-electron chi connectivity index (χ1n) is 4.67. The van der Waals surface area contributed by atoms with Crippen LogP contribution < -0.4 is 5.32 Å². The number of hydrogen-bond donors (Lipinski definition) is 2. The predicted octanol–water partition coefficient (Wildman–Crippen LogP) is 1.80. The van der Waals surface area contributed by atoms with Crippen LogP contribution in [0.1, 0.15) is 33.6 Å². The Kier molecular flexibility index (Phi) is 6.24. The van der Waals surface area contributed by atoms with Gasteiger partial charge in [-0.15, -0.1) is 0 Å². The van der Waals surface area contributed by atoms with Crippen LogP contribution in [0, 0.1) is 0 Å². The zero-order valence-corrected chi connectivity index (χ0v) is 8.63. The molecule has 0 aromatic carbocycles. The Morgan fingerprint density at radius 1 is 1.54 bits per heavy atom. The van der Waals surface area contributed by atoms with Crippen LogP contribution in [0.5, 0.6) is 0 Å². The van der Waals surface area contributed by atoms with Crippen LogP contribution in [0.2, 0.25) is 0 Å². The Labute approximate surface area is 79.8 Å². The normalized spacial score (nSPS) is 12.2. The molecule has 2 N–H and O–H groups in total. The van der Waals surface area contributed by atoms with E-state index >= 15 is 0 Å². The highest BCUT2D eigenvalue weighted by Crippen LogP contribution is 1.97. The Morgan fingerprint density at radius 2 is 2.15 bits per heavy atom. The van der Waals surface area contributed by atoms with Crippen LogP contribution >= 0.6 is 0 Å². The minimum atomic E-state index is -0.822. The van der Waals surface area contributed by atoms with Gasteiger partial charge in [0.25, 0.3) is 0 Å². The first kappa shape index (κ1) is 12.2. The van der Waals surface area contributed by atoms with Gasteiger partial charge in [-0.1, -0.05) is 19.9 Å². The van der Waals surface area contributed by atoms with Crippen molar-refractivity contribution in [2.24, 2.45) is 0 Å². The zero-order chi connectivity index (χ0) is 10.3. The molecular weight excluding hydrogens is 166 g/mol. The number of carbonyl (C=O) groups is 1. The smallest absolute Gasteiger partial charge is 0.330 e. The first-order valence-corrected chi connectivity index (χ1v) is 4.67. The molecule has 3 heteroatoms. The summed E-state index contributed by atoms with van der Waals surface area (Å²) < 4.78 is 0. The third-order valence-corrected chi connectivity index (χ3v) is 1.72. The van der Waals surface area contributed by atoms with Crippen LogP contribution in [0.25, 0.3) is 0 Å². The molecule has 0 spiro atoms. The van der Waals surface area contributed by atoms with E-state index in [9.17, 15) is 4.79 Å². The molecule has 0 unspecified atom stereocenters. The second kappa shape index (κ2) is 6.66. The van der Waals surface area contributed by atoms with Gasteiger partial charge in [-0.3, -0.25) is 0 Å². The van der Waals surface area contributed by atoms with E-state index in [2.05, 4.69) is 19.2 Å². The maximum absolute atomic E-state index is 10.4. The van der Waals surface area contributed by atoms with E-state index in [-0.39, 0.29) is 0 Å². The summed E-state index contributed by atoms with van der Waals surface area (Å²) in [5, 5.41) is 11.8. The summed E-state index contributed by atoms with van der Waals surface area (Å²) in [5.41, 5.74) is 0.435. The Bertz CT molecular complexity index is 185. The van der Waals surface area contributed by atoms with Crippen molar-refractivity contribution in [3.63, 3.8) is 0 Å². The third kappa shape index (κ3) is 7.53. The van der Waals surface area contributed by atoms with Crippen molar-refractivity contribution in [1.82, 2.24) is 5.32 Å². The van der Waals surface area contributed by atoms with Crippen molar-refractivity contribution < 1.29 is 9.90 Å². The maximum atomic E-state index is 10.4. The van der Waals surface area contributed by atoms with Gasteiger partial charge < -0.3 is 10.4 Å². The lowest BCUT2D eigenvalue weighted by atomic mass is 10.2. The van der Waals surface area contributed by atoms with E-state index in [0.29, 0.717) is 11.6 Å². The highest BCUT2D eigenvalue weighted by atomic mass is 16.4. The first-order chi connectivity index (χ1) is 6.04. The van der Waals surface area contributed by atoms with E-state index in [1.165, 1.54) is 0 Å². The van der Waals surface area contributed by atoms with Crippen molar-refractivity contribution in [2.45, 2.75) is 39.7 Å². The number of carboxylic acid groups (broad SMARTS) is 1. The summed E-state index contributed by atoms with van der Waals surface area (Å²) >= 11 is 0. The molecule has 0 saturated heterocycles. The highest BCUT2D eigenvalue weighted by molar-refractivity contribution is 5.85. The number of hydrogen-bond acceptors (Lipinski definition) is 2. The molecule has 0 saturated carbocycles. The fourth-order valence-electron chi connectivity index (χ4n) is 0.899. The number of unbranched alkanes of at least 4 members (excludes halogenated alkanes) is 1. The molecule has 76 valence electrons. The quantitative estimate of drug-likeness (QED) is 0.490. The average molecular weight is 185 g/mol. The van der Waals surface area contributed by atoms with Crippen LogP contribution in [0.4, 0.5) is 0 Å². The monoisotopic (exact) mass is 185 g/mol. The minimum Gasteiger partial charge on any atom is -0.478 e. The van der Waals surface area contributed by atoms with Crippen molar-refractivity contribution in [3.8, 4) is 0 Å². The number of carboxylic acids is 1. The molecule has 3 nitrogen and oxygen atoms in total. The SMILES string of the molecule is CC(=CCCCNC(C)C)C(=O)O. The van der Waals surface area contributed by atoms with Gasteiger partial charge in [-0.05, 0) is 26.3 Å². The van der Waals surface area contributed by atoms with Gasteiger partial charge in [0, 0.05) is 11.6 Å². The molecule has 0 aromatic rings. The van der Waals surface area contributed by atoms with Crippen LogP contribution in [0.15, 0.2) is 11.6 Å². The molecule has 0 aliphatic carbocycles. The van der Waals surface area contributed by atoms with Crippen LogP contribution in [-0.4, -0.2) is 23.7 Å². The largest absolute Gasteiger partial charge is 0.478 e. The molecule has 0 aliphatic heterocycles. The Morgan fingerprint density at radius 3 is 2.62 bits per heavy atom. The summed E-state index contributed by atoms with van der Waals surface area (Å²) in [6.45, 7) is 6.76. The zero-order valence-electron chi connectivity index (χ0n) is 8.63. The number of aliphatic carboxylic acids is 1. The molecule has 0 aromatic heterocycles. The lowest BCUT2D eigenvalue weighted by Crippen LogP contribution is -2.23. The number of nitrogens with one attached hydrogen (secondary N) is 1. The van der Waals surface area contributed by atoms with Crippen molar-refractivity contribution in [1.29, 1.82) is 0 Å². The molecule has 0 atom stereocenters. The molecule has 0 bridgehead atoms. The van der Waals surface area contributed by atoms with E-state index in [1.807, 2.05) is 0 Å². The van der Waals surface area contributed by atoms with Gasteiger partial charge in [-0.2, -0.15) is 0 Å². The van der Waals surface area contributed by atoms with Gasteiger partial charge in [0.1, 0.15) is 0 Å². The lowest BCUT2D eigenvalue weighted by Gasteiger charge is -2.05. The molecule has 0 rings (SSSR count). The van der Waals surface area contributed by atoms with Gasteiger partial charge in [0.2, 0.25) is 0 Å². The van der Waals surface area contributed by atoms with Crippen LogP contribution in [-0.2, 0) is 4.79 Å². The molecule has 0 radical (unpaired) electrons. The van der Waals surface area contributed by atoms with E-state index in [4.69, 9.17) is 5.11 Å². The molecule has 13 heavy (non-hydrogen) atoms. The Balaban J connectivity index is 3.45. The van der Waals surface area contributed by atoms with Crippen LogP contribution in [0.3, 0.4) is 0 Å². The summed E-state index contributed by atoms with van der Waals surface area (Å²) in [4.78, 5) is 10.4. The second-order valence-electron chi connectivity index (χ2n) is 3.44. The summed E-state index contributed by atoms with van der Waals surface area (Å²) in [7, 11) is 0. The van der Waals surface area contributed by atoms with Gasteiger partial charge in [-0.25, -0.2) is 4.79 Å². The maximum Gasteiger partial charge on any atom is 0.330 e. The van der Waals surface area contributed by atoms with Crippen molar-refractivity contribution in [3.05, 3.63) is 11.6 Å². The standard InChI is InChI=1S/C10H19NO2/c1-8(2)11-7-5-4-6-9(3)10(12)13/h6,8,11H,4-5,7H2,1-3H3,(H,12,13). The average Bonchev–Trinajstić information content (AvgIpc) is 2.02. The molecule has 0 amide bonds.